The predicted octanol–water partition coefficient (Wildman–Crippen LogP) is 5.63. The average Bonchev–Trinajstić information content (AvgIpc) is 2.91. The number of pyridine rings is 1. The molecule has 0 aliphatic carbocycles. The number of hydrogen-bond acceptors (Lipinski definition) is 2. The van der Waals surface area contributed by atoms with Gasteiger partial charge >= 0.3 is 18.0 Å². The van der Waals surface area contributed by atoms with Crippen LogP contribution in [0.5, 0.6) is 0 Å². The first-order valence-corrected chi connectivity index (χ1v) is 7.17. The van der Waals surface area contributed by atoms with E-state index in [1.807, 2.05) is 0 Å². The van der Waals surface area contributed by atoms with Gasteiger partial charge in [-0.15, -0.1) is 0 Å². The SMILES string of the molecule is Cc1cc(Br)nc(C(F)(C(F)(F)F)C(F)(F)F)c1Cc1ccoc1. The number of aryl methyl sites for hydroxylation is 1. The fraction of sp³-hybridized carbons (Fsp3) is 0.357. The van der Waals surface area contributed by atoms with Crippen LogP contribution in [0.1, 0.15) is 22.4 Å². The minimum Gasteiger partial charge on any atom is -0.472 e. The lowest BCUT2D eigenvalue weighted by Crippen LogP contribution is -2.51. The highest BCUT2D eigenvalue weighted by molar-refractivity contribution is 9.10. The van der Waals surface area contributed by atoms with Gasteiger partial charge in [-0.25, -0.2) is 9.37 Å². The summed E-state index contributed by atoms with van der Waals surface area (Å²) in [6.45, 7) is 1.28. The molecule has 10 heteroatoms. The molecule has 0 atom stereocenters. The van der Waals surface area contributed by atoms with E-state index in [9.17, 15) is 30.7 Å². The Bertz CT molecular complexity index is 708. The monoisotopic (exact) mass is 419 g/mol. The molecule has 0 aromatic carbocycles. The van der Waals surface area contributed by atoms with Crippen LogP contribution in [-0.2, 0) is 12.1 Å². The molecule has 2 nitrogen and oxygen atoms in total. The van der Waals surface area contributed by atoms with Gasteiger partial charge < -0.3 is 4.42 Å². The standard InChI is InChI=1S/C14H9BrF7NO/c1-7-4-10(15)23-11(9(7)5-8-2-3-24-6-8)12(16,13(17,18)19)14(20,21)22/h2-4,6H,5H2,1H3. The lowest BCUT2D eigenvalue weighted by atomic mass is 9.90. The normalized spacial score (nSPS) is 13.4. The van der Waals surface area contributed by atoms with E-state index in [1.54, 1.807) is 0 Å². The molecule has 132 valence electrons. The van der Waals surface area contributed by atoms with Crippen molar-refractivity contribution in [3.63, 3.8) is 0 Å². The van der Waals surface area contributed by atoms with Gasteiger partial charge in [0, 0.05) is 6.42 Å². The van der Waals surface area contributed by atoms with Gasteiger partial charge in [-0.1, -0.05) is 0 Å². The third-order valence-corrected chi connectivity index (χ3v) is 3.79. The second-order valence-electron chi connectivity index (χ2n) is 5.05. The first-order chi connectivity index (χ1) is 10.9. The summed E-state index contributed by atoms with van der Waals surface area (Å²) in [6.07, 6.45) is -10.5. The fourth-order valence-corrected chi connectivity index (χ4v) is 2.71. The Kier molecular flexibility index (Phi) is 4.73. The molecule has 0 spiro atoms. The first-order valence-electron chi connectivity index (χ1n) is 6.38. The van der Waals surface area contributed by atoms with Crippen LogP contribution in [0.25, 0.3) is 0 Å². The number of aromatic nitrogens is 1. The maximum absolute atomic E-state index is 14.4. The predicted molar refractivity (Wildman–Crippen MR) is 73.1 cm³/mol. The molecule has 0 aliphatic rings. The summed E-state index contributed by atoms with van der Waals surface area (Å²) in [5.74, 6) is 0. The molecule has 0 aliphatic heterocycles. The van der Waals surface area contributed by atoms with E-state index in [0.29, 0.717) is 0 Å². The number of hydrogen-bond donors (Lipinski definition) is 0. The Hall–Kier alpha value is -1.58. The molecule has 2 aromatic heterocycles. The molecular weight excluding hydrogens is 411 g/mol. The van der Waals surface area contributed by atoms with Crippen molar-refractivity contribution in [2.45, 2.75) is 31.4 Å². The van der Waals surface area contributed by atoms with Crippen molar-refractivity contribution in [3.8, 4) is 0 Å². The largest absolute Gasteiger partial charge is 0.472 e. The molecule has 0 saturated heterocycles. The quantitative estimate of drug-likeness (QED) is 0.476. The van der Waals surface area contributed by atoms with Crippen molar-refractivity contribution in [2.24, 2.45) is 0 Å². The average molecular weight is 420 g/mol. The van der Waals surface area contributed by atoms with Crippen LogP contribution in [0.2, 0.25) is 0 Å². The molecule has 0 amide bonds. The van der Waals surface area contributed by atoms with Crippen LogP contribution in [0.15, 0.2) is 33.7 Å². The van der Waals surface area contributed by atoms with Crippen LogP contribution in [0, 0.1) is 6.92 Å². The highest BCUT2D eigenvalue weighted by atomic mass is 79.9. The molecular formula is C14H9BrF7NO. The molecule has 2 rings (SSSR count). The molecule has 24 heavy (non-hydrogen) atoms. The van der Waals surface area contributed by atoms with Crippen molar-refractivity contribution in [3.05, 3.63) is 51.6 Å². The van der Waals surface area contributed by atoms with Gasteiger partial charge in [-0.3, -0.25) is 0 Å². The molecule has 0 bridgehead atoms. The van der Waals surface area contributed by atoms with Gasteiger partial charge in [-0.2, -0.15) is 26.3 Å². The van der Waals surface area contributed by atoms with Gasteiger partial charge in [0.05, 0.1) is 12.5 Å². The highest BCUT2D eigenvalue weighted by Crippen LogP contribution is 2.54. The van der Waals surface area contributed by atoms with E-state index in [2.05, 4.69) is 20.9 Å². The summed E-state index contributed by atoms with van der Waals surface area (Å²) in [6, 6.07) is 2.57. The van der Waals surface area contributed by atoms with Crippen LogP contribution < -0.4 is 0 Å². The molecule has 2 heterocycles. The zero-order valence-electron chi connectivity index (χ0n) is 11.9. The Morgan fingerprint density at radius 2 is 1.67 bits per heavy atom. The van der Waals surface area contributed by atoms with Crippen molar-refractivity contribution in [2.75, 3.05) is 0 Å². The number of furan rings is 1. The van der Waals surface area contributed by atoms with E-state index in [4.69, 9.17) is 4.42 Å². The lowest BCUT2D eigenvalue weighted by Gasteiger charge is -2.31. The summed E-state index contributed by atoms with van der Waals surface area (Å²) >= 11 is 2.72. The Morgan fingerprint density at radius 1 is 1.08 bits per heavy atom. The second kappa shape index (κ2) is 6.05. The van der Waals surface area contributed by atoms with E-state index in [0.717, 1.165) is 6.26 Å². The van der Waals surface area contributed by atoms with Crippen molar-refractivity contribution in [1.82, 2.24) is 4.98 Å². The van der Waals surface area contributed by atoms with Gasteiger partial charge in [0.2, 0.25) is 0 Å². The van der Waals surface area contributed by atoms with Crippen LogP contribution in [-0.4, -0.2) is 17.3 Å². The van der Waals surface area contributed by atoms with E-state index >= 15 is 0 Å². The van der Waals surface area contributed by atoms with Crippen LogP contribution in [0.3, 0.4) is 0 Å². The topological polar surface area (TPSA) is 26.0 Å². The second-order valence-corrected chi connectivity index (χ2v) is 5.86. The highest BCUT2D eigenvalue weighted by Gasteiger charge is 2.75. The van der Waals surface area contributed by atoms with Gasteiger partial charge in [0.15, 0.2) is 0 Å². The summed E-state index contributed by atoms with van der Waals surface area (Å²) < 4.78 is 97.1. The summed E-state index contributed by atoms with van der Waals surface area (Å²) in [5, 5.41) is 0. The molecule has 0 N–H and O–H groups in total. The summed E-state index contributed by atoms with van der Waals surface area (Å²) in [7, 11) is 0. The molecule has 0 unspecified atom stereocenters. The van der Waals surface area contributed by atoms with Crippen LogP contribution in [0.4, 0.5) is 30.7 Å². The fourth-order valence-electron chi connectivity index (χ4n) is 2.19. The van der Waals surface area contributed by atoms with Gasteiger partial charge in [0.25, 0.3) is 0 Å². The maximum Gasteiger partial charge on any atom is 0.437 e. The Labute approximate surface area is 139 Å². The minimum atomic E-state index is -6.23. The third-order valence-electron chi connectivity index (χ3n) is 3.38. The molecule has 0 radical (unpaired) electrons. The zero-order valence-corrected chi connectivity index (χ0v) is 13.5. The van der Waals surface area contributed by atoms with E-state index in [1.165, 1.54) is 25.3 Å². The maximum atomic E-state index is 14.4. The first kappa shape index (κ1) is 18.8. The van der Waals surface area contributed by atoms with E-state index in [-0.39, 0.29) is 15.7 Å². The van der Waals surface area contributed by atoms with E-state index < -0.39 is 35.7 Å². The lowest BCUT2D eigenvalue weighted by molar-refractivity contribution is -0.350. The van der Waals surface area contributed by atoms with Gasteiger partial charge in [-0.05, 0) is 51.7 Å². The Morgan fingerprint density at radius 3 is 2.12 bits per heavy atom. The smallest absolute Gasteiger partial charge is 0.437 e. The molecule has 0 fully saturated rings. The number of nitrogens with zero attached hydrogens (tertiary/aromatic N) is 1. The molecule has 0 saturated carbocycles. The number of halogens is 8. The number of alkyl halides is 7. The van der Waals surface area contributed by atoms with Crippen LogP contribution >= 0.6 is 15.9 Å². The van der Waals surface area contributed by atoms with Crippen molar-refractivity contribution >= 4 is 15.9 Å². The minimum absolute atomic E-state index is 0.0311. The van der Waals surface area contributed by atoms with Crippen molar-refractivity contribution < 1.29 is 35.2 Å². The van der Waals surface area contributed by atoms with Gasteiger partial charge in [0.1, 0.15) is 10.3 Å². The zero-order chi connectivity index (χ0) is 18.3. The Balaban J connectivity index is 2.75. The molecule has 2 aromatic rings. The third kappa shape index (κ3) is 3.15. The summed E-state index contributed by atoms with van der Waals surface area (Å²) in [4.78, 5) is 3.19. The summed E-state index contributed by atoms with van der Waals surface area (Å²) in [5.41, 5.74) is -7.50. The van der Waals surface area contributed by atoms with Crippen molar-refractivity contribution in [1.29, 1.82) is 0 Å². The number of rotatable bonds is 3.